The molecule has 1 unspecified atom stereocenters. The minimum atomic E-state index is -4.72. The van der Waals surface area contributed by atoms with Gasteiger partial charge in [0.25, 0.3) is 0 Å². The molecule has 0 fully saturated rings. The number of benzene rings is 1. The van der Waals surface area contributed by atoms with E-state index in [2.05, 4.69) is 21.0 Å². The van der Waals surface area contributed by atoms with E-state index in [9.17, 15) is 13.2 Å². The summed E-state index contributed by atoms with van der Waals surface area (Å²) in [6.45, 7) is 3.81. The molecule has 0 amide bonds. The average molecular weight is 427 g/mol. The normalized spacial score (nSPS) is 13.0. The fourth-order valence-electron chi connectivity index (χ4n) is 1.45. The maximum absolute atomic E-state index is 12.0. The molecule has 0 radical (unpaired) electrons. The number of alkyl halides is 3. The number of hydrogen-bond acceptors (Lipinski definition) is 2. The van der Waals surface area contributed by atoms with Crippen molar-refractivity contribution in [3.63, 3.8) is 0 Å². The molecule has 0 heterocycles. The zero-order valence-corrected chi connectivity index (χ0v) is 14.3. The molecule has 1 rings (SSSR count). The van der Waals surface area contributed by atoms with Gasteiger partial charge in [0.05, 0.1) is 0 Å². The molecular weight excluding hydrogens is 410 g/mol. The average Bonchev–Trinajstić information content (AvgIpc) is 2.36. The third-order valence-corrected chi connectivity index (χ3v) is 2.44. The lowest BCUT2D eigenvalue weighted by atomic mass is 10.1. The molecule has 0 saturated heterocycles. The Morgan fingerprint density at radius 1 is 1.32 bits per heavy atom. The molecule has 0 aliphatic heterocycles. The van der Waals surface area contributed by atoms with Crippen molar-refractivity contribution < 1.29 is 17.9 Å². The van der Waals surface area contributed by atoms with E-state index >= 15 is 0 Å². The Morgan fingerprint density at radius 2 is 1.86 bits per heavy atom. The lowest BCUT2D eigenvalue weighted by molar-refractivity contribution is -0.274. The lowest BCUT2D eigenvalue weighted by Gasteiger charge is -2.13. The second-order valence-corrected chi connectivity index (χ2v) is 4.57. The molecule has 0 saturated carbocycles. The van der Waals surface area contributed by atoms with E-state index < -0.39 is 6.36 Å². The fourth-order valence-corrected chi connectivity index (χ4v) is 1.45. The van der Waals surface area contributed by atoms with Crippen LogP contribution in [0.5, 0.6) is 5.75 Å². The van der Waals surface area contributed by atoms with Gasteiger partial charge < -0.3 is 15.8 Å². The Balaban J connectivity index is 0.00000441. The number of halogens is 4. The second kappa shape index (κ2) is 8.73. The highest BCUT2D eigenvalue weighted by atomic mass is 127. The van der Waals surface area contributed by atoms with Gasteiger partial charge in [-0.3, -0.25) is 0 Å². The first-order valence-corrected chi connectivity index (χ1v) is 6.13. The molecule has 1 atom stereocenters. The van der Waals surface area contributed by atoms with Crippen molar-refractivity contribution in [2.24, 2.45) is 16.6 Å². The van der Waals surface area contributed by atoms with Crippen molar-refractivity contribution in [3.8, 4) is 18.1 Å². The predicted molar refractivity (Wildman–Crippen MR) is 91.2 cm³/mol. The van der Waals surface area contributed by atoms with Crippen molar-refractivity contribution in [1.82, 2.24) is 0 Å². The smallest absolute Gasteiger partial charge is 0.406 e. The van der Waals surface area contributed by atoms with Crippen LogP contribution < -0.4 is 15.8 Å². The number of rotatable bonds is 4. The van der Waals surface area contributed by atoms with Crippen LogP contribution in [0.1, 0.15) is 13.8 Å². The summed E-state index contributed by atoms with van der Waals surface area (Å²) < 4.78 is 39.8. The van der Waals surface area contributed by atoms with E-state index in [4.69, 9.17) is 12.2 Å². The molecule has 0 aliphatic rings. The molecule has 0 aromatic heterocycles. The van der Waals surface area contributed by atoms with Crippen LogP contribution in [0.3, 0.4) is 0 Å². The van der Waals surface area contributed by atoms with Crippen molar-refractivity contribution >= 4 is 35.6 Å². The summed E-state index contributed by atoms with van der Waals surface area (Å²) in [5.74, 6) is 2.40. The number of ether oxygens (including phenoxy) is 1. The molecule has 0 aliphatic carbocycles. The number of nitrogens with zero attached hydrogens (tertiary/aromatic N) is 1. The highest BCUT2D eigenvalue weighted by molar-refractivity contribution is 14.0. The Kier molecular flexibility index (Phi) is 8.08. The van der Waals surface area contributed by atoms with Gasteiger partial charge >= 0.3 is 6.36 Å². The standard InChI is InChI=1S/C14H16F3N3O.HI/c1-4-12(9(2)3)20-13(18)19-10-5-7-11(8-6-10)21-14(15,16)17;/h1,5-9,12H,2-3H3,(H3,18,19,20);1H. The Bertz CT molecular complexity index is 536. The lowest BCUT2D eigenvalue weighted by Crippen LogP contribution is -2.26. The molecule has 22 heavy (non-hydrogen) atoms. The van der Waals surface area contributed by atoms with E-state index in [0.29, 0.717) is 5.69 Å². The quantitative estimate of drug-likeness (QED) is 0.334. The summed E-state index contributed by atoms with van der Waals surface area (Å²) in [5.41, 5.74) is 6.17. The molecular formula is C14H17F3IN3O. The number of anilines is 1. The summed E-state index contributed by atoms with van der Waals surface area (Å²) in [6.07, 6.45) is 0.615. The predicted octanol–water partition coefficient (Wildman–Crippen LogP) is 3.59. The van der Waals surface area contributed by atoms with Crippen LogP contribution >= 0.6 is 24.0 Å². The first-order chi connectivity index (χ1) is 9.71. The van der Waals surface area contributed by atoms with E-state index in [0.717, 1.165) is 0 Å². The van der Waals surface area contributed by atoms with Crippen molar-refractivity contribution in [3.05, 3.63) is 24.3 Å². The monoisotopic (exact) mass is 427 g/mol. The van der Waals surface area contributed by atoms with Crippen molar-refractivity contribution in [1.29, 1.82) is 0 Å². The molecule has 1 aromatic rings. The number of nitrogens with one attached hydrogen (secondary N) is 1. The van der Waals surface area contributed by atoms with Gasteiger partial charge in [0.15, 0.2) is 5.96 Å². The van der Waals surface area contributed by atoms with Gasteiger partial charge in [-0.2, -0.15) is 0 Å². The van der Waals surface area contributed by atoms with Gasteiger partial charge in [-0.1, -0.05) is 19.8 Å². The summed E-state index contributed by atoms with van der Waals surface area (Å²) in [6, 6.07) is 4.76. The minimum Gasteiger partial charge on any atom is -0.406 e. The molecule has 3 N–H and O–H groups in total. The summed E-state index contributed by atoms with van der Waals surface area (Å²) in [4.78, 5) is 4.11. The fraction of sp³-hybridized carbons (Fsp3) is 0.357. The van der Waals surface area contributed by atoms with Crippen LogP contribution in [-0.2, 0) is 0 Å². The molecule has 122 valence electrons. The molecule has 8 heteroatoms. The van der Waals surface area contributed by atoms with Gasteiger partial charge in [0.1, 0.15) is 11.8 Å². The molecule has 0 spiro atoms. The zero-order valence-electron chi connectivity index (χ0n) is 12.0. The van der Waals surface area contributed by atoms with Crippen LogP contribution in [0, 0.1) is 18.3 Å². The van der Waals surface area contributed by atoms with Gasteiger partial charge in [-0.05, 0) is 30.2 Å². The van der Waals surface area contributed by atoms with Crippen LogP contribution in [0.15, 0.2) is 29.3 Å². The van der Waals surface area contributed by atoms with E-state index in [-0.39, 0.29) is 47.6 Å². The first-order valence-electron chi connectivity index (χ1n) is 6.13. The maximum atomic E-state index is 12.0. The highest BCUT2D eigenvalue weighted by Crippen LogP contribution is 2.23. The van der Waals surface area contributed by atoms with Gasteiger partial charge in [0.2, 0.25) is 0 Å². The van der Waals surface area contributed by atoms with Crippen molar-refractivity contribution in [2.75, 3.05) is 5.32 Å². The van der Waals surface area contributed by atoms with Gasteiger partial charge in [-0.25, -0.2) is 4.99 Å². The maximum Gasteiger partial charge on any atom is 0.573 e. The number of terminal acetylenes is 1. The molecule has 4 nitrogen and oxygen atoms in total. The van der Waals surface area contributed by atoms with E-state index in [1.165, 1.54) is 24.3 Å². The number of nitrogens with two attached hydrogens (primary N) is 1. The van der Waals surface area contributed by atoms with Crippen LogP contribution in [-0.4, -0.2) is 18.4 Å². The SMILES string of the molecule is C#CC(N=C(N)Nc1ccc(OC(F)(F)F)cc1)C(C)C.I. The number of aliphatic imine (C=N–C) groups is 1. The number of hydrogen-bond donors (Lipinski definition) is 2. The largest absolute Gasteiger partial charge is 0.573 e. The summed E-state index contributed by atoms with van der Waals surface area (Å²) >= 11 is 0. The van der Waals surface area contributed by atoms with E-state index in [1.807, 2.05) is 13.8 Å². The summed E-state index contributed by atoms with van der Waals surface area (Å²) in [7, 11) is 0. The van der Waals surface area contributed by atoms with Crippen molar-refractivity contribution in [2.45, 2.75) is 26.3 Å². The minimum absolute atomic E-state index is 0. The first kappa shape index (κ1) is 20.4. The highest BCUT2D eigenvalue weighted by Gasteiger charge is 2.30. The second-order valence-electron chi connectivity index (χ2n) is 4.57. The van der Waals surface area contributed by atoms with E-state index in [1.54, 1.807) is 0 Å². The molecule has 1 aromatic carbocycles. The van der Waals surface area contributed by atoms with Crippen LogP contribution in [0.2, 0.25) is 0 Å². The topological polar surface area (TPSA) is 59.6 Å². The zero-order chi connectivity index (χ0) is 16.0. The summed E-state index contributed by atoms with van der Waals surface area (Å²) in [5, 5.41) is 2.75. The Hall–Kier alpha value is -1.63. The number of guanidine groups is 1. The van der Waals surface area contributed by atoms with Crippen LogP contribution in [0.25, 0.3) is 0 Å². The van der Waals surface area contributed by atoms with Crippen LogP contribution in [0.4, 0.5) is 18.9 Å². The Labute approximate surface area is 144 Å². The third-order valence-electron chi connectivity index (χ3n) is 2.44. The Morgan fingerprint density at radius 3 is 2.27 bits per heavy atom. The third kappa shape index (κ3) is 7.40. The van der Waals surface area contributed by atoms with Gasteiger partial charge in [0, 0.05) is 5.69 Å². The molecule has 0 bridgehead atoms. The van der Waals surface area contributed by atoms with Gasteiger partial charge in [-0.15, -0.1) is 43.6 Å².